The van der Waals surface area contributed by atoms with Gasteiger partial charge in [0.1, 0.15) is 6.04 Å². The minimum atomic E-state index is -0.558. The molecule has 1 aromatic heterocycles. The molecule has 0 aliphatic carbocycles. The van der Waals surface area contributed by atoms with Crippen LogP contribution < -0.4 is 10.2 Å². The minimum Gasteiger partial charge on any atom is -0.340 e. The fourth-order valence-corrected chi connectivity index (χ4v) is 2.63. The third kappa shape index (κ3) is 2.80. The first-order chi connectivity index (χ1) is 10.6. The van der Waals surface area contributed by atoms with Gasteiger partial charge in [0.05, 0.1) is 21.8 Å². The van der Waals surface area contributed by atoms with Crippen LogP contribution in [0, 0.1) is 0 Å². The summed E-state index contributed by atoms with van der Waals surface area (Å²) in [4.78, 5) is 26.0. The zero-order chi connectivity index (χ0) is 15.7. The molecule has 0 unspecified atom stereocenters. The van der Waals surface area contributed by atoms with Crippen LogP contribution in [0.4, 0.5) is 5.69 Å². The number of aromatic amines is 1. The predicted molar refractivity (Wildman–Crippen MR) is 83.3 cm³/mol. The average molecular weight is 339 g/mol. The standard InChI is InChI=1S/C14H12Cl2N4O2/c15-10-2-1-9(5-11(10)16)20-4-3-12(14(20)22)19-13(21)8-6-17-18-7-8/h1-2,5-7,12H,3-4H2,(H,17,18)(H,19,21)/t12-/m1/s1. The Labute approximate surface area is 136 Å². The first-order valence-corrected chi connectivity index (χ1v) is 7.38. The van der Waals surface area contributed by atoms with E-state index in [0.717, 1.165) is 0 Å². The first-order valence-electron chi connectivity index (χ1n) is 6.62. The van der Waals surface area contributed by atoms with Crippen LogP contribution in [0.5, 0.6) is 0 Å². The lowest BCUT2D eigenvalue weighted by atomic mass is 10.2. The molecule has 0 saturated carbocycles. The van der Waals surface area contributed by atoms with Crippen LogP contribution in [0.15, 0.2) is 30.6 Å². The number of aromatic nitrogens is 2. The summed E-state index contributed by atoms with van der Waals surface area (Å²) in [6, 6.07) is 4.45. The van der Waals surface area contributed by atoms with E-state index in [-0.39, 0.29) is 11.8 Å². The minimum absolute atomic E-state index is 0.171. The third-order valence-electron chi connectivity index (χ3n) is 3.49. The first kappa shape index (κ1) is 14.9. The summed E-state index contributed by atoms with van der Waals surface area (Å²) >= 11 is 11.9. The summed E-state index contributed by atoms with van der Waals surface area (Å²) in [6.45, 7) is 0.507. The molecule has 0 bridgehead atoms. The van der Waals surface area contributed by atoms with Crippen molar-refractivity contribution in [3.63, 3.8) is 0 Å². The van der Waals surface area contributed by atoms with Gasteiger partial charge in [0.2, 0.25) is 5.91 Å². The second-order valence-corrected chi connectivity index (χ2v) is 5.70. The van der Waals surface area contributed by atoms with E-state index in [4.69, 9.17) is 23.2 Å². The maximum atomic E-state index is 12.4. The zero-order valence-corrected chi connectivity index (χ0v) is 12.9. The quantitative estimate of drug-likeness (QED) is 0.900. The third-order valence-corrected chi connectivity index (χ3v) is 4.23. The van der Waals surface area contributed by atoms with Crippen molar-refractivity contribution in [2.45, 2.75) is 12.5 Å². The number of anilines is 1. The molecular weight excluding hydrogens is 327 g/mol. The summed E-state index contributed by atoms with van der Waals surface area (Å²) in [7, 11) is 0. The molecule has 22 heavy (non-hydrogen) atoms. The molecule has 1 aromatic carbocycles. The lowest BCUT2D eigenvalue weighted by molar-refractivity contribution is -0.118. The lowest BCUT2D eigenvalue weighted by Crippen LogP contribution is -2.41. The molecule has 1 saturated heterocycles. The molecule has 8 heteroatoms. The van der Waals surface area contributed by atoms with Crippen molar-refractivity contribution in [2.24, 2.45) is 0 Å². The van der Waals surface area contributed by atoms with Gasteiger partial charge in [0.15, 0.2) is 0 Å². The van der Waals surface area contributed by atoms with Gasteiger partial charge in [-0.25, -0.2) is 0 Å². The Hall–Kier alpha value is -2.05. The smallest absolute Gasteiger partial charge is 0.255 e. The number of nitrogens with one attached hydrogen (secondary N) is 2. The van der Waals surface area contributed by atoms with E-state index >= 15 is 0 Å². The van der Waals surface area contributed by atoms with Gasteiger partial charge in [-0.3, -0.25) is 14.7 Å². The summed E-state index contributed by atoms with van der Waals surface area (Å²) < 4.78 is 0. The van der Waals surface area contributed by atoms with E-state index < -0.39 is 6.04 Å². The number of benzene rings is 1. The fraction of sp³-hybridized carbons (Fsp3) is 0.214. The van der Waals surface area contributed by atoms with Gasteiger partial charge < -0.3 is 10.2 Å². The number of rotatable bonds is 3. The number of halogens is 2. The second-order valence-electron chi connectivity index (χ2n) is 4.89. The molecule has 1 aliphatic heterocycles. The van der Waals surface area contributed by atoms with Crippen molar-refractivity contribution in [1.29, 1.82) is 0 Å². The number of nitrogens with zero attached hydrogens (tertiary/aromatic N) is 2. The van der Waals surface area contributed by atoms with E-state index in [1.165, 1.54) is 12.4 Å². The molecule has 0 spiro atoms. The molecule has 1 aliphatic rings. The molecule has 1 fully saturated rings. The molecule has 2 N–H and O–H groups in total. The largest absolute Gasteiger partial charge is 0.340 e. The summed E-state index contributed by atoms with van der Waals surface area (Å²) in [5.41, 5.74) is 1.06. The van der Waals surface area contributed by atoms with E-state index in [1.54, 1.807) is 23.1 Å². The molecule has 114 valence electrons. The van der Waals surface area contributed by atoms with Crippen LogP contribution in [0.3, 0.4) is 0 Å². The molecule has 2 heterocycles. The fourth-order valence-electron chi connectivity index (χ4n) is 2.34. The van der Waals surface area contributed by atoms with Gasteiger partial charge in [-0.05, 0) is 24.6 Å². The van der Waals surface area contributed by atoms with Gasteiger partial charge >= 0.3 is 0 Å². The molecule has 3 rings (SSSR count). The van der Waals surface area contributed by atoms with Crippen molar-refractivity contribution in [2.75, 3.05) is 11.4 Å². The van der Waals surface area contributed by atoms with Crippen LogP contribution in [-0.2, 0) is 4.79 Å². The Morgan fingerprint density at radius 1 is 1.36 bits per heavy atom. The summed E-state index contributed by atoms with van der Waals surface area (Å²) in [6.07, 6.45) is 3.42. The van der Waals surface area contributed by atoms with E-state index in [2.05, 4.69) is 15.5 Å². The van der Waals surface area contributed by atoms with Gasteiger partial charge in [0, 0.05) is 18.4 Å². The summed E-state index contributed by atoms with van der Waals surface area (Å²) in [5, 5.41) is 9.80. The highest BCUT2D eigenvalue weighted by atomic mass is 35.5. The molecule has 2 amide bonds. The molecule has 6 nitrogen and oxygen atoms in total. The highest BCUT2D eigenvalue weighted by Gasteiger charge is 2.34. The number of H-pyrrole nitrogens is 1. The molecule has 0 radical (unpaired) electrons. The number of carbonyl (C=O) groups is 2. The van der Waals surface area contributed by atoms with E-state index in [1.807, 2.05) is 0 Å². The molecule has 2 aromatic rings. The maximum absolute atomic E-state index is 12.4. The van der Waals surface area contributed by atoms with Gasteiger partial charge in [-0.1, -0.05) is 23.2 Å². The van der Waals surface area contributed by atoms with Crippen LogP contribution in [0.2, 0.25) is 10.0 Å². The number of hydrogen-bond acceptors (Lipinski definition) is 3. The zero-order valence-electron chi connectivity index (χ0n) is 11.3. The highest BCUT2D eigenvalue weighted by molar-refractivity contribution is 6.42. The predicted octanol–water partition coefficient (Wildman–Crippen LogP) is 2.25. The Morgan fingerprint density at radius 3 is 2.86 bits per heavy atom. The van der Waals surface area contributed by atoms with E-state index in [0.29, 0.717) is 34.3 Å². The van der Waals surface area contributed by atoms with Crippen molar-refractivity contribution >= 4 is 40.7 Å². The van der Waals surface area contributed by atoms with Gasteiger partial charge in [-0.15, -0.1) is 0 Å². The number of carbonyl (C=O) groups excluding carboxylic acids is 2. The Bertz CT molecular complexity index is 718. The summed E-state index contributed by atoms with van der Waals surface area (Å²) in [5.74, 6) is -0.502. The van der Waals surface area contributed by atoms with E-state index in [9.17, 15) is 9.59 Å². The van der Waals surface area contributed by atoms with Crippen molar-refractivity contribution in [3.05, 3.63) is 46.2 Å². The average Bonchev–Trinajstić information content (AvgIpc) is 3.13. The molecule has 1 atom stereocenters. The van der Waals surface area contributed by atoms with Crippen molar-refractivity contribution in [1.82, 2.24) is 15.5 Å². The highest BCUT2D eigenvalue weighted by Crippen LogP contribution is 2.29. The monoisotopic (exact) mass is 338 g/mol. The number of hydrogen-bond donors (Lipinski definition) is 2. The number of amides is 2. The van der Waals surface area contributed by atoms with Crippen LogP contribution in [0.25, 0.3) is 0 Å². The second kappa shape index (κ2) is 5.98. The van der Waals surface area contributed by atoms with Gasteiger partial charge in [0.25, 0.3) is 5.91 Å². The SMILES string of the molecule is O=C(N[C@@H]1CCN(c2ccc(Cl)c(Cl)c2)C1=O)c1cn[nH]c1. The van der Waals surface area contributed by atoms with Gasteiger partial charge in [-0.2, -0.15) is 5.10 Å². The van der Waals surface area contributed by atoms with Crippen molar-refractivity contribution < 1.29 is 9.59 Å². The topological polar surface area (TPSA) is 78.1 Å². The molecular formula is C14H12Cl2N4O2. The Kier molecular flexibility index (Phi) is 4.04. The maximum Gasteiger partial charge on any atom is 0.255 e. The Balaban J connectivity index is 1.72. The Morgan fingerprint density at radius 2 is 2.18 bits per heavy atom. The lowest BCUT2D eigenvalue weighted by Gasteiger charge is -2.17. The van der Waals surface area contributed by atoms with Crippen LogP contribution in [-0.4, -0.2) is 34.6 Å². The van der Waals surface area contributed by atoms with Crippen molar-refractivity contribution in [3.8, 4) is 0 Å². The van der Waals surface area contributed by atoms with Crippen LogP contribution in [0.1, 0.15) is 16.8 Å². The normalized spacial score (nSPS) is 17.8. The van der Waals surface area contributed by atoms with Crippen LogP contribution >= 0.6 is 23.2 Å².